The molecule has 0 aliphatic heterocycles. The second kappa shape index (κ2) is 7.47. The number of carbonyl (C=O) groups excluding carboxylic acids is 2. The van der Waals surface area contributed by atoms with E-state index in [0.29, 0.717) is 15.6 Å². The van der Waals surface area contributed by atoms with Gasteiger partial charge in [0.25, 0.3) is 0 Å². The van der Waals surface area contributed by atoms with Crippen LogP contribution in [0.2, 0.25) is 10.0 Å². The molecular formula is C13H16Cl2N2O3. The van der Waals surface area contributed by atoms with Crippen LogP contribution in [0.5, 0.6) is 0 Å². The van der Waals surface area contributed by atoms with E-state index in [-0.39, 0.29) is 18.4 Å². The Morgan fingerprint density at radius 1 is 1.35 bits per heavy atom. The summed E-state index contributed by atoms with van der Waals surface area (Å²) in [4.78, 5) is 22.5. The number of hydrogen-bond donors (Lipinski definition) is 3. The SMILES string of the molecule is CC(=O)NC(C)C(=O)NCC(O)c1ccc(Cl)cc1Cl. The molecule has 20 heavy (non-hydrogen) atoms. The molecule has 2 atom stereocenters. The zero-order valence-corrected chi connectivity index (χ0v) is 12.6. The first-order valence-electron chi connectivity index (χ1n) is 5.99. The normalized spacial score (nSPS) is 13.4. The Balaban J connectivity index is 2.56. The van der Waals surface area contributed by atoms with Crippen molar-refractivity contribution >= 4 is 35.0 Å². The first kappa shape index (κ1) is 16.8. The number of aliphatic hydroxyl groups excluding tert-OH is 1. The van der Waals surface area contributed by atoms with Crippen molar-refractivity contribution in [2.45, 2.75) is 26.0 Å². The predicted octanol–water partition coefficient (Wildman–Crippen LogP) is 1.67. The number of rotatable bonds is 5. The molecule has 0 aliphatic rings. The molecule has 0 fully saturated rings. The third kappa shape index (κ3) is 5.00. The first-order chi connectivity index (χ1) is 9.31. The molecule has 0 bridgehead atoms. The van der Waals surface area contributed by atoms with Crippen molar-refractivity contribution < 1.29 is 14.7 Å². The molecule has 110 valence electrons. The Hall–Kier alpha value is -1.30. The molecule has 0 spiro atoms. The van der Waals surface area contributed by atoms with Crippen LogP contribution in [-0.2, 0) is 9.59 Å². The fraction of sp³-hybridized carbons (Fsp3) is 0.385. The molecule has 3 N–H and O–H groups in total. The minimum Gasteiger partial charge on any atom is -0.387 e. The highest BCUT2D eigenvalue weighted by Crippen LogP contribution is 2.25. The quantitative estimate of drug-likeness (QED) is 0.772. The van der Waals surface area contributed by atoms with Crippen LogP contribution >= 0.6 is 23.2 Å². The summed E-state index contributed by atoms with van der Waals surface area (Å²) in [5.41, 5.74) is 0.476. The zero-order valence-electron chi connectivity index (χ0n) is 11.1. The Kier molecular flexibility index (Phi) is 6.26. The molecule has 0 saturated heterocycles. The van der Waals surface area contributed by atoms with E-state index in [1.165, 1.54) is 13.0 Å². The Bertz CT molecular complexity index is 508. The van der Waals surface area contributed by atoms with Crippen molar-refractivity contribution in [1.29, 1.82) is 0 Å². The molecule has 0 aliphatic carbocycles. The van der Waals surface area contributed by atoms with Crippen LogP contribution in [0.1, 0.15) is 25.5 Å². The summed E-state index contributed by atoms with van der Waals surface area (Å²) in [5.74, 6) is -0.682. The number of hydrogen-bond acceptors (Lipinski definition) is 3. The predicted molar refractivity (Wildman–Crippen MR) is 77.7 cm³/mol. The molecular weight excluding hydrogens is 303 g/mol. The number of carbonyl (C=O) groups is 2. The third-order valence-electron chi connectivity index (χ3n) is 2.60. The molecule has 1 rings (SSSR count). The van der Waals surface area contributed by atoms with Gasteiger partial charge in [-0.2, -0.15) is 0 Å². The summed E-state index contributed by atoms with van der Waals surface area (Å²) in [5, 5.41) is 15.8. The van der Waals surface area contributed by atoms with Crippen molar-refractivity contribution in [2.75, 3.05) is 6.54 Å². The molecule has 0 heterocycles. The van der Waals surface area contributed by atoms with E-state index >= 15 is 0 Å². The number of halogens is 2. The highest BCUT2D eigenvalue weighted by Gasteiger charge is 2.17. The Labute approximate surface area is 127 Å². The van der Waals surface area contributed by atoms with Gasteiger partial charge in [0.1, 0.15) is 6.04 Å². The summed E-state index contributed by atoms with van der Waals surface area (Å²) in [6.45, 7) is 2.87. The summed E-state index contributed by atoms with van der Waals surface area (Å²) < 4.78 is 0. The zero-order chi connectivity index (χ0) is 15.3. The average molecular weight is 319 g/mol. The van der Waals surface area contributed by atoms with Crippen LogP contribution in [0.3, 0.4) is 0 Å². The van der Waals surface area contributed by atoms with Gasteiger partial charge in [-0.1, -0.05) is 29.3 Å². The van der Waals surface area contributed by atoms with Gasteiger partial charge in [-0.05, 0) is 19.1 Å². The van der Waals surface area contributed by atoms with Gasteiger partial charge in [0.05, 0.1) is 6.10 Å². The molecule has 0 saturated carbocycles. The van der Waals surface area contributed by atoms with E-state index in [0.717, 1.165) is 0 Å². The van der Waals surface area contributed by atoms with Crippen LogP contribution in [0, 0.1) is 0 Å². The number of nitrogens with one attached hydrogen (secondary N) is 2. The molecule has 0 aromatic heterocycles. The molecule has 1 aromatic carbocycles. The smallest absolute Gasteiger partial charge is 0.242 e. The monoisotopic (exact) mass is 318 g/mol. The van der Waals surface area contributed by atoms with Crippen LogP contribution in [-0.4, -0.2) is 29.5 Å². The highest BCUT2D eigenvalue weighted by molar-refractivity contribution is 6.35. The van der Waals surface area contributed by atoms with Crippen LogP contribution in [0.15, 0.2) is 18.2 Å². The maximum Gasteiger partial charge on any atom is 0.242 e. The molecule has 0 radical (unpaired) electrons. The second-order valence-electron chi connectivity index (χ2n) is 4.35. The topological polar surface area (TPSA) is 78.4 Å². The first-order valence-corrected chi connectivity index (χ1v) is 6.74. The maximum atomic E-state index is 11.7. The van der Waals surface area contributed by atoms with E-state index < -0.39 is 12.1 Å². The number of benzene rings is 1. The lowest BCUT2D eigenvalue weighted by molar-refractivity contribution is -0.127. The summed E-state index contributed by atoms with van der Waals surface area (Å²) in [6, 6.07) is 4.05. The summed E-state index contributed by atoms with van der Waals surface area (Å²) >= 11 is 11.7. The number of amides is 2. The fourth-order valence-corrected chi connectivity index (χ4v) is 2.14. The second-order valence-corrected chi connectivity index (χ2v) is 5.19. The van der Waals surface area contributed by atoms with Crippen molar-refractivity contribution in [1.82, 2.24) is 10.6 Å². The van der Waals surface area contributed by atoms with Crippen LogP contribution in [0.4, 0.5) is 0 Å². The van der Waals surface area contributed by atoms with Crippen molar-refractivity contribution in [3.63, 3.8) is 0 Å². The van der Waals surface area contributed by atoms with E-state index in [9.17, 15) is 14.7 Å². The molecule has 1 aromatic rings. The van der Waals surface area contributed by atoms with E-state index in [2.05, 4.69) is 10.6 Å². The largest absolute Gasteiger partial charge is 0.387 e. The molecule has 7 heteroatoms. The lowest BCUT2D eigenvalue weighted by Gasteiger charge is -2.16. The maximum absolute atomic E-state index is 11.7. The van der Waals surface area contributed by atoms with Gasteiger partial charge >= 0.3 is 0 Å². The van der Waals surface area contributed by atoms with Crippen LogP contribution < -0.4 is 10.6 Å². The molecule has 2 unspecified atom stereocenters. The van der Waals surface area contributed by atoms with Crippen molar-refractivity contribution in [3.05, 3.63) is 33.8 Å². The van der Waals surface area contributed by atoms with E-state index in [4.69, 9.17) is 23.2 Å². The fourth-order valence-electron chi connectivity index (χ4n) is 1.60. The highest BCUT2D eigenvalue weighted by atomic mass is 35.5. The summed E-state index contributed by atoms with van der Waals surface area (Å²) in [6.07, 6.45) is -0.951. The van der Waals surface area contributed by atoms with E-state index in [1.807, 2.05) is 0 Å². The van der Waals surface area contributed by atoms with Gasteiger partial charge in [0, 0.05) is 29.1 Å². The molecule has 2 amide bonds. The molecule has 5 nitrogen and oxygen atoms in total. The van der Waals surface area contributed by atoms with Gasteiger partial charge in [-0.25, -0.2) is 0 Å². The summed E-state index contributed by atoms with van der Waals surface area (Å²) in [7, 11) is 0. The third-order valence-corrected chi connectivity index (χ3v) is 3.17. The van der Waals surface area contributed by atoms with Gasteiger partial charge < -0.3 is 15.7 Å². The Morgan fingerprint density at radius 3 is 2.55 bits per heavy atom. The number of aliphatic hydroxyl groups is 1. The van der Waals surface area contributed by atoms with Gasteiger partial charge in [0.2, 0.25) is 11.8 Å². The van der Waals surface area contributed by atoms with Gasteiger partial charge in [0.15, 0.2) is 0 Å². The average Bonchev–Trinajstić information content (AvgIpc) is 2.34. The van der Waals surface area contributed by atoms with Gasteiger partial charge in [-0.15, -0.1) is 0 Å². The minimum atomic E-state index is -0.951. The van der Waals surface area contributed by atoms with E-state index in [1.54, 1.807) is 19.1 Å². The van der Waals surface area contributed by atoms with Crippen LogP contribution in [0.25, 0.3) is 0 Å². The lowest BCUT2D eigenvalue weighted by Crippen LogP contribution is -2.45. The lowest BCUT2D eigenvalue weighted by atomic mass is 10.1. The van der Waals surface area contributed by atoms with Crippen molar-refractivity contribution in [2.24, 2.45) is 0 Å². The Morgan fingerprint density at radius 2 is 2.00 bits per heavy atom. The van der Waals surface area contributed by atoms with Crippen molar-refractivity contribution in [3.8, 4) is 0 Å². The van der Waals surface area contributed by atoms with Gasteiger partial charge in [-0.3, -0.25) is 9.59 Å². The standard InChI is InChI=1S/C13H16Cl2N2O3/c1-7(17-8(2)18)13(20)16-6-12(19)10-4-3-9(14)5-11(10)15/h3-5,7,12,19H,6H2,1-2H3,(H,16,20)(H,17,18). The minimum absolute atomic E-state index is 0.00981.